The van der Waals surface area contributed by atoms with Gasteiger partial charge in [0.05, 0.1) is 28.7 Å². The third-order valence-corrected chi connectivity index (χ3v) is 3.05. The van der Waals surface area contributed by atoms with Crippen LogP contribution in [0, 0.1) is 0 Å². The highest BCUT2D eigenvalue weighted by molar-refractivity contribution is 6.00. The van der Waals surface area contributed by atoms with Crippen LogP contribution in [0.25, 0.3) is 11.0 Å². The Kier molecular flexibility index (Phi) is 3.20. The van der Waals surface area contributed by atoms with E-state index in [2.05, 4.69) is 4.98 Å². The zero-order chi connectivity index (χ0) is 14.2. The number of nitrogens with one attached hydrogen (secondary N) is 1. The number of para-hydroxylation sites is 1. The number of nitrogens with zero attached hydrogens (tertiary/aromatic N) is 1. The second-order valence-electron chi connectivity index (χ2n) is 5.02. The lowest BCUT2D eigenvalue weighted by atomic mass is 10.1. The van der Waals surface area contributed by atoms with Gasteiger partial charge in [0.15, 0.2) is 0 Å². The molecule has 0 aliphatic rings. The quantitative estimate of drug-likeness (QED) is 0.874. The van der Waals surface area contributed by atoms with Gasteiger partial charge in [0.1, 0.15) is 0 Å². The minimum atomic E-state index is -1.07. The summed E-state index contributed by atoms with van der Waals surface area (Å²) in [5.41, 5.74) is 0.0738. The van der Waals surface area contributed by atoms with E-state index in [0.717, 1.165) is 0 Å². The van der Waals surface area contributed by atoms with Gasteiger partial charge in [-0.15, -0.1) is 0 Å². The number of aromatic carboxylic acids is 1. The van der Waals surface area contributed by atoms with Crippen LogP contribution >= 0.6 is 0 Å². The first-order chi connectivity index (χ1) is 8.88. The van der Waals surface area contributed by atoms with Crippen LogP contribution < -0.4 is 5.69 Å². The predicted molar refractivity (Wildman–Crippen MR) is 70.7 cm³/mol. The Morgan fingerprint density at radius 1 is 1.47 bits per heavy atom. The number of aromatic amines is 1. The summed E-state index contributed by atoms with van der Waals surface area (Å²) in [5.74, 6) is -1.07. The van der Waals surface area contributed by atoms with Crippen molar-refractivity contribution >= 4 is 17.0 Å². The number of rotatable bonds is 4. The number of fused-ring (bicyclic) bond motifs is 1. The summed E-state index contributed by atoms with van der Waals surface area (Å²) in [7, 11) is 1.56. The Morgan fingerprint density at radius 2 is 2.16 bits per heavy atom. The zero-order valence-corrected chi connectivity index (χ0v) is 11.1. The predicted octanol–water partition coefficient (Wildman–Crippen LogP) is 1.41. The van der Waals surface area contributed by atoms with Crippen LogP contribution in [0.15, 0.2) is 23.0 Å². The second kappa shape index (κ2) is 4.55. The normalized spacial score (nSPS) is 11.9. The van der Waals surface area contributed by atoms with Crippen molar-refractivity contribution < 1.29 is 14.6 Å². The van der Waals surface area contributed by atoms with Gasteiger partial charge in [-0.3, -0.25) is 4.57 Å². The standard InChI is InChI=1S/C13H16N2O4/c1-13(2,7-19-3)15-9-6-4-5-8(11(16)17)10(9)14-12(15)18/h4-6H,7H2,1-3H3,(H,14,18)(H,16,17). The molecule has 0 spiro atoms. The minimum absolute atomic E-state index is 0.0848. The molecule has 0 unspecified atom stereocenters. The van der Waals surface area contributed by atoms with Crippen molar-refractivity contribution in [2.24, 2.45) is 0 Å². The molecule has 2 N–H and O–H groups in total. The van der Waals surface area contributed by atoms with Gasteiger partial charge in [-0.2, -0.15) is 0 Å². The Morgan fingerprint density at radius 3 is 2.74 bits per heavy atom. The average Bonchev–Trinajstić information content (AvgIpc) is 2.64. The molecule has 0 fully saturated rings. The fraction of sp³-hybridized carbons (Fsp3) is 0.385. The molecule has 1 aromatic heterocycles. The van der Waals surface area contributed by atoms with Gasteiger partial charge in [0, 0.05) is 7.11 Å². The van der Waals surface area contributed by atoms with Gasteiger partial charge in [0.25, 0.3) is 0 Å². The number of hydrogen-bond donors (Lipinski definition) is 2. The number of hydrogen-bond acceptors (Lipinski definition) is 3. The van der Waals surface area contributed by atoms with E-state index < -0.39 is 11.5 Å². The van der Waals surface area contributed by atoms with Crippen LogP contribution in [0.4, 0.5) is 0 Å². The molecule has 0 bridgehead atoms. The second-order valence-corrected chi connectivity index (χ2v) is 5.02. The van der Waals surface area contributed by atoms with E-state index in [9.17, 15) is 9.59 Å². The van der Waals surface area contributed by atoms with E-state index in [1.165, 1.54) is 10.6 Å². The van der Waals surface area contributed by atoms with E-state index in [1.54, 1.807) is 19.2 Å². The molecule has 19 heavy (non-hydrogen) atoms. The lowest BCUT2D eigenvalue weighted by Gasteiger charge is -2.25. The summed E-state index contributed by atoms with van der Waals surface area (Å²) >= 11 is 0. The fourth-order valence-corrected chi connectivity index (χ4v) is 2.33. The highest BCUT2D eigenvalue weighted by Crippen LogP contribution is 2.22. The summed E-state index contributed by atoms with van der Waals surface area (Å²) in [6.45, 7) is 4.06. The molecule has 0 aliphatic heterocycles. The molecule has 1 heterocycles. The highest BCUT2D eigenvalue weighted by atomic mass is 16.5. The topological polar surface area (TPSA) is 84.3 Å². The zero-order valence-electron chi connectivity index (χ0n) is 11.1. The number of carbonyl (C=O) groups is 1. The van der Waals surface area contributed by atoms with Crippen molar-refractivity contribution in [1.29, 1.82) is 0 Å². The minimum Gasteiger partial charge on any atom is -0.478 e. The summed E-state index contributed by atoms with van der Waals surface area (Å²) in [5, 5.41) is 9.13. The van der Waals surface area contributed by atoms with Crippen molar-refractivity contribution in [2.75, 3.05) is 13.7 Å². The van der Waals surface area contributed by atoms with Gasteiger partial charge in [-0.25, -0.2) is 9.59 Å². The monoisotopic (exact) mass is 264 g/mol. The number of methoxy groups -OCH3 is 1. The van der Waals surface area contributed by atoms with E-state index in [1.807, 2.05) is 13.8 Å². The lowest BCUT2D eigenvalue weighted by molar-refractivity contribution is 0.0699. The molecule has 6 heteroatoms. The van der Waals surface area contributed by atoms with Crippen molar-refractivity contribution in [2.45, 2.75) is 19.4 Å². The average molecular weight is 264 g/mol. The molecule has 6 nitrogen and oxygen atoms in total. The summed E-state index contributed by atoms with van der Waals surface area (Å²) in [6, 6.07) is 4.81. The maximum atomic E-state index is 12.1. The maximum Gasteiger partial charge on any atom is 0.337 e. The van der Waals surface area contributed by atoms with Crippen LogP contribution in [0.1, 0.15) is 24.2 Å². The van der Waals surface area contributed by atoms with Crippen LogP contribution in [0.3, 0.4) is 0 Å². The van der Waals surface area contributed by atoms with Gasteiger partial charge in [-0.1, -0.05) is 6.07 Å². The first kappa shape index (κ1) is 13.4. The number of carboxylic acids is 1. The third-order valence-electron chi connectivity index (χ3n) is 3.05. The van der Waals surface area contributed by atoms with Crippen LogP contribution in [0.2, 0.25) is 0 Å². The largest absolute Gasteiger partial charge is 0.478 e. The van der Waals surface area contributed by atoms with E-state index >= 15 is 0 Å². The van der Waals surface area contributed by atoms with Gasteiger partial charge < -0.3 is 14.8 Å². The molecule has 0 saturated carbocycles. The molecule has 2 aromatic rings. The smallest absolute Gasteiger partial charge is 0.337 e. The van der Waals surface area contributed by atoms with Crippen molar-refractivity contribution in [3.8, 4) is 0 Å². The first-order valence-corrected chi connectivity index (χ1v) is 5.85. The van der Waals surface area contributed by atoms with Crippen LogP contribution in [-0.4, -0.2) is 34.3 Å². The summed E-state index contributed by atoms with van der Waals surface area (Å²) in [6.07, 6.45) is 0. The van der Waals surface area contributed by atoms with Gasteiger partial charge in [0.2, 0.25) is 0 Å². The molecular weight excluding hydrogens is 248 g/mol. The molecule has 1 aromatic carbocycles. The van der Waals surface area contributed by atoms with E-state index in [4.69, 9.17) is 9.84 Å². The number of aromatic nitrogens is 2. The van der Waals surface area contributed by atoms with Gasteiger partial charge >= 0.3 is 11.7 Å². The summed E-state index contributed by atoms with van der Waals surface area (Å²) in [4.78, 5) is 25.9. The molecule has 0 aliphatic carbocycles. The lowest BCUT2D eigenvalue weighted by Crippen LogP contribution is -2.38. The number of carboxylic acid groups (broad SMARTS) is 1. The van der Waals surface area contributed by atoms with Crippen LogP contribution in [0.5, 0.6) is 0 Å². The number of H-pyrrole nitrogens is 1. The number of ether oxygens (including phenoxy) is 1. The number of imidazole rings is 1. The molecule has 2 rings (SSSR count). The van der Waals surface area contributed by atoms with Crippen molar-refractivity contribution in [1.82, 2.24) is 9.55 Å². The first-order valence-electron chi connectivity index (χ1n) is 5.85. The summed E-state index contributed by atoms with van der Waals surface area (Å²) < 4.78 is 6.65. The molecule has 0 radical (unpaired) electrons. The Balaban J connectivity index is 2.77. The Hall–Kier alpha value is -2.08. The molecule has 102 valence electrons. The fourth-order valence-electron chi connectivity index (χ4n) is 2.33. The van der Waals surface area contributed by atoms with Crippen LogP contribution in [-0.2, 0) is 10.3 Å². The third kappa shape index (κ3) is 2.15. The van der Waals surface area contributed by atoms with Crippen molar-refractivity contribution in [3.05, 3.63) is 34.2 Å². The molecule has 0 saturated heterocycles. The maximum absolute atomic E-state index is 12.1. The highest BCUT2D eigenvalue weighted by Gasteiger charge is 2.26. The Bertz CT molecular complexity index is 681. The SMILES string of the molecule is COCC(C)(C)n1c(=O)[nH]c2c(C(=O)O)cccc21. The molecular formula is C13H16N2O4. The Labute approximate surface area is 109 Å². The number of benzene rings is 1. The van der Waals surface area contributed by atoms with Crippen molar-refractivity contribution in [3.63, 3.8) is 0 Å². The molecule has 0 atom stereocenters. The van der Waals surface area contributed by atoms with Gasteiger partial charge in [-0.05, 0) is 26.0 Å². The van der Waals surface area contributed by atoms with E-state index in [0.29, 0.717) is 17.6 Å². The van der Waals surface area contributed by atoms with E-state index in [-0.39, 0.29) is 11.3 Å². The molecule has 0 amide bonds.